The van der Waals surface area contributed by atoms with E-state index in [1.54, 1.807) is 17.2 Å². The average Bonchev–Trinajstić information content (AvgIpc) is 3.08. The first-order chi connectivity index (χ1) is 11.2. The van der Waals surface area contributed by atoms with Crippen molar-refractivity contribution >= 4 is 6.03 Å². The molecule has 0 aliphatic heterocycles. The molecule has 7 nitrogen and oxygen atoms in total. The summed E-state index contributed by atoms with van der Waals surface area (Å²) in [7, 11) is 0. The highest BCUT2D eigenvalue weighted by atomic mass is 16.2. The minimum Gasteiger partial charge on any atom is -0.335 e. The van der Waals surface area contributed by atoms with Crippen molar-refractivity contribution in [1.29, 1.82) is 0 Å². The fraction of sp³-hybridized carbons (Fsp3) is 0.500. The Bertz CT molecular complexity index is 625. The van der Waals surface area contributed by atoms with E-state index in [4.69, 9.17) is 0 Å². The summed E-state index contributed by atoms with van der Waals surface area (Å²) in [5.74, 6) is 1.40. The minimum absolute atomic E-state index is 0.107. The van der Waals surface area contributed by atoms with Crippen molar-refractivity contribution < 1.29 is 4.79 Å². The van der Waals surface area contributed by atoms with Crippen molar-refractivity contribution in [2.75, 3.05) is 0 Å². The van der Waals surface area contributed by atoms with Gasteiger partial charge in [-0.2, -0.15) is 5.10 Å². The van der Waals surface area contributed by atoms with E-state index in [1.807, 2.05) is 12.1 Å². The Morgan fingerprint density at radius 1 is 1.39 bits per heavy atom. The van der Waals surface area contributed by atoms with E-state index >= 15 is 0 Å². The maximum atomic E-state index is 12.0. The van der Waals surface area contributed by atoms with Crippen LogP contribution in [0.2, 0.25) is 0 Å². The topological polar surface area (TPSA) is 84.7 Å². The Labute approximate surface area is 135 Å². The van der Waals surface area contributed by atoms with Crippen LogP contribution in [-0.4, -0.2) is 31.8 Å². The summed E-state index contributed by atoms with van der Waals surface area (Å²) in [6.07, 6.45) is 9.41. The normalized spacial score (nSPS) is 20.9. The molecule has 2 aromatic heterocycles. The molecule has 2 aromatic rings. The number of hydrogen-bond acceptors (Lipinski definition) is 4. The van der Waals surface area contributed by atoms with Crippen LogP contribution in [0.4, 0.5) is 4.79 Å². The summed E-state index contributed by atoms with van der Waals surface area (Å²) >= 11 is 0. The molecule has 122 valence electrons. The highest BCUT2D eigenvalue weighted by Crippen LogP contribution is 2.23. The predicted molar refractivity (Wildman–Crippen MR) is 85.9 cm³/mol. The highest BCUT2D eigenvalue weighted by Gasteiger charge is 2.20. The number of nitrogens with zero attached hydrogens (tertiary/aromatic N) is 4. The quantitative estimate of drug-likeness (QED) is 0.904. The first-order valence-electron chi connectivity index (χ1n) is 8.05. The number of carbonyl (C=O) groups is 1. The molecule has 7 heteroatoms. The van der Waals surface area contributed by atoms with Crippen LogP contribution in [0.15, 0.2) is 31.0 Å². The van der Waals surface area contributed by atoms with Gasteiger partial charge in [0.1, 0.15) is 12.7 Å². The Hall–Kier alpha value is -2.44. The second-order valence-electron chi connectivity index (χ2n) is 6.16. The predicted octanol–water partition coefficient (Wildman–Crippen LogP) is 2.04. The molecule has 2 amide bonds. The molecule has 0 aromatic carbocycles. The number of carbonyl (C=O) groups excluding carboxylic acids is 1. The number of rotatable bonds is 4. The van der Waals surface area contributed by atoms with Gasteiger partial charge in [0.15, 0.2) is 5.82 Å². The van der Waals surface area contributed by atoms with Crippen LogP contribution in [0.5, 0.6) is 0 Å². The number of urea groups is 1. The summed E-state index contributed by atoms with van der Waals surface area (Å²) in [4.78, 5) is 20.2. The van der Waals surface area contributed by atoms with Gasteiger partial charge in [-0.25, -0.2) is 19.4 Å². The summed E-state index contributed by atoms with van der Waals surface area (Å²) < 4.78 is 1.59. The Kier molecular flexibility index (Phi) is 4.85. The van der Waals surface area contributed by atoms with Crippen molar-refractivity contribution in [2.24, 2.45) is 5.92 Å². The van der Waals surface area contributed by atoms with Gasteiger partial charge in [-0.05, 0) is 30.4 Å². The zero-order valence-electron chi connectivity index (χ0n) is 13.3. The molecule has 2 atom stereocenters. The standard InChI is InChI=1S/C16H22N6O/c1-12-3-2-4-14(7-12)21-16(23)19-9-13-5-6-15(18-8-13)22-11-17-10-20-22/h5-6,8,10-12,14H,2-4,7,9H2,1H3,(H2,19,21,23)/t12-,14-/m0/s1. The fourth-order valence-electron chi connectivity index (χ4n) is 2.97. The summed E-state index contributed by atoms with van der Waals surface area (Å²) in [6, 6.07) is 3.97. The second kappa shape index (κ2) is 7.21. The third-order valence-corrected chi connectivity index (χ3v) is 4.19. The third kappa shape index (κ3) is 4.28. The van der Waals surface area contributed by atoms with Crippen LogP contribution in [0, 0.1) is 5.92 Å². The summed E-state index contributed by atoms with van der Waals surface area (Å²) in [5.41, 5.74) is 0.945. The Morgan fingerprint density at radius 2 is 2.30 bits per heavy atom. The Balaban J connectivity index is 1.47. The van der Waals surface area contributed by atoms with Crippen molar-refractivity contribution in [2.45, 2.75) is 45.2 Å². The largest absolute Gasteiger partial charge is 0.335 e. The van der Waals surface area contributed by atoms with Gasteiger partial charge in [0, 0.05) is 18.8 Å². The molecule has 0 radical (unpaired) electrons. The molecule has 23 heavy (non-hydrogen) atoms. The molecule has 1 fully saturated rings. The van der Waals surface area contributed by atoms with Gasteiger partial charge in [-0.3, -0.25) is 0 Å². The van der Waals surface area contributed by atoms with Crippen LogP contribution in [0.25, 0.3) is 5.82 Å². The van der Waals surface area contributed by atoms with Crippen LogP contribution < -0.4 is 10.6 Å². The lowest BCUT2D eigenvalue weighted by Gasteiger charge is -2.27. The number of aromatic nitrogens is 4. The van der Waals surface area contributed by atoms with Gasteiger partial charge in [0.05, 0.1) is 0 Å². The van der Waals surface area contributed by atoms with E-state index in [-0.39, 0.29) is 6.03 Å². The summed E-state index contributed by atoms with van der Waals surface area (Å²) in [5, 5.41) is 9.98. The maximum absolute atomic E-state index is 12.0. The lowest BCUT2D eigenvalue weighted by atomic mass is 9.87. The fourth-order valence-corrected chi connectivity index (χ4v) is 2.97. The number of amides is 2. The molecule has 1 saturated carbocycles. The van der Waals surface area contributed by atoms with Crippen molar-refractivity contribution in [3.63, 3.8) is 0 Å². The van der Waals surface area contributed by atoms with Gasteiger partial charge in [-0.15, -0.1) is 0 Å². The van der Waals surface area contributed by atoms with Crippen LogP contribution in [0.1, 0.15) is 38.2 Å². The van der Waals surface area contributed by atoms with Crippen molar-refractivity contribution in [3.05, 3.63) is 36.5 Å². The Morgan fingerprint density at radius 3 is 3.00 bits per heavy atom. The van der Waals surface area contributed by atoms with Gasteiger partial charge >= 0.3 is 6.03 Å². The molecule has 1 aliphatic carbocycles. The summed E-state index contributed by atoms with van der Waals surface area (Å²) in [6.45, 7) is 2.70. The molecular weight excluding hydrogens is 292 g/mol. The maximum Gasteiger partial charge on any atom is 0.315 e. The van der Waals surface area contributed by atoms with E-state index in [1.165, 1.54) is 19.2 Å². The molecule has 0 saturated heterocycles. The van der Waals surface area contributed by atoms with E-state index in [0.29, 0.717) is 24.3 Å². The molecule has 1 aliphatic rings. The van der Waals surface area contributed by atoms with Crippen molar-refractivity contribution in [1.82, 2.24) is 30.4 Å². The lowest BCUT2D eigenvalue weighted by Crippen LogP contribution is -2.43. The third-order valence-electron chi connectivity index (χ3n) is 4.19. The minimum atomic E-state index is -0.107. The zero-order valence-corrected chi connectivity index (χ0v) is 13.3. The zero-order chi connectivity index (χ0) is 16.1. The average molecular weight is 314 g/mol. The lowest BCUT2D eigenvalue weighted by molar-refractivity contribution is 0.227. The second-order valence-corrected chi connectivity index (χ2v) is 6.16. The van der Waals surface area contributed by atoms with Crippen molar-refractivity contribution in [3.8, 4) is 5.82 Å². The van der Waals surface area contributed by atoms with Gasteiger partial charge < -0.3 is 10.6 Å². The van der Waals surface area contributed by atoms with E-state index in [2.05, 4.69) is 32.6 Å². The number of nitrogens with one attached hydrogen (secondary N) is 2. The first-order valence-corrected chi connectivity index (χ1v) is 8.05. The molecule has 2 N–H and O–H groups in total. The van der Waals surface area contributed by atoms with E-state index in [9.17, 15) is 4.79 Å². The molecule has 0 unspecified atom stereocenters. The molecular formula is C16H22N6O. The first kappa shape index (κ1) is 15.5. The van der Waals surface area contributed by atoms with E-state index < -0.39 is 0 Å². The molecule has 0 spiro atoms. The van der Waals surface area contributed by atoms with Gasteiger partial charge in [-0.1, -0.05) is 25.8 Å². The monoisotopic (exact) mass is 314 g/mol. The number of hydrogen-bond donors (Lipinski definition) is 2. The van der Waals surface area contributed by atoms with Crippen LogP contribution >= 0.6 is 0 Å². The van der Waals surface area contributed by atoms with Gasteiger partial charge in [0.25, 0.3) is 0 Å². The van der Waals surface area contributed by atoms with Crippen LogP contribution in [0.3, 0.4) is 0 Å². The smallest absolute Gasteiger partial charge is 0.315 e. The molecule has 3 rings (SSSR count). The molecule has 2 heterocycles. The SMILES string of the molecule is C[C@H]1CCC[C@H](NC(=O)NCc2ccc(-n3cncn3)nc2)C1. The van der Waals surface area contributed by atoms with E-state index in [0.717, 1.165) is 18.4 Å². The van der Waals surface area contributed by atoms with Crippen LogP contribution in [-0.2, 0) is 6.54 Å². The molecule has 0 bridgehead atoms. The number of pyridine rings is 1. The van der Waals surface area contributed by atoms with Gasteiger partial charge in [0.2, 0.25) is 0 Å². The highest BCUT2D eigenvalue weighted by molar-refractivity contribution is 5.74.